The number of hydrogen-bond donors (Lipinski definition) is 0. The largest absolute Gasteiger partial charge is 0.422 e. The SMILES string of the molecule is Cc1ccnc(SCC(=O)c2cc3cc4c(cc3oc2=O)N(C)C(C)(C)C[C@H]4C)n1. The number of fused-ring (bicyclic) bond motifs is 2. The Morgan fingerprint density at radius 3 is 2.83 bits per heavy atom. The predicted octanol–water partition coefficient (Wildman–Crippen LogP) is 4.59. The van der Waals surface area contributed by atoms with E-state index in [9.17, 15) is 9.59 Å². The van der Waals surface area contributed by atoms with E-state index in [1.54, 1.807) is 18.3 Å². The van der Waals surface area contributed by atoms with Crippen molar-refractivity contribution in [1.82, 2.24) is 9.97 Å². The molecule has 0 N–H and O–H groups in total. The van der Waals surface area contributed by atoms with Gasteiger partial charge in [-0.1, -0.05) is 18.7 Å². The van der Waals surface area contributed by atoms with Gasteiger partial charge in [-0.05, 0) is 56.9 Å². The normalized spacial score (nSPS) is 17.8. The first-order chi connectivity index (χ1) is 14.2. The van der Waals surface area contributed by atoms with Crippen molar-refractivity contribution in [3.05, 3.63) is 57.7 Å². The Labute approximate surface area is 179 Å². The van der Waals surface area contributed by atoms with E-state index in [-0.39, 0.29) is 22.6 Å². The number of hydrogen-bond acceptors (Lipinski definition) is 7. The lowest BCUT2D eigenvalue weighted by atomic mass is 9.80. The summed E-state index contributed by atoms with van der Waals surface area (Å²) >= 11 is 1.22. The van der Waals surface area contributed by atoms with Gasteiger partial charge in [-0.2, -0.15) is 0 Å². The lowest BCUT2D eigenvalue weighted by molar-refractivity contribution is 0.101. The zero-order valence-corrected chi connectivity index (χ0v) is 18.7. The Kier molecular flexibility index (Phi) is 5.18. The van der Waals surface area contributed by atoms with E-state index in [0.717, 1.165) is 23.2 Å². The van der Waals surface area contributed by atoms with Gasteiger partial charge in [0.2, 0.25) is 0 Å². The lowest BCUT2D eigenvalue weighted by Gasteiger charge is -2.45. The summed E-state index contributed by atoms with van der Waals surface area (Å²) < 4.78 is 5.56. The van der Waals surface area contributed by atoms with Crippen LogP contribution in [0.25, 0.3) is 11.0 Å². The number of aromatic nitrogens is 2. The van der Waals surface area contributed by atoms with Crippen LogP contribution < -0.4 is 10.5 Å². The van der Waals surface area contributed by atoms with Gasteiger partial charge >= 0.3 is 5.63 Å². The van der Waals surface area contributed by atoms with Crippen LogP contribution in [0, 0.1) is 6.92 Å². The van der Waals surface area contributed by atoms with E-state index in [1.165, 1.54) is 17.3 Å². The average molecular weight is 424 g/mol. The van der Waals surface area contributed by atoms with Crippen LogP contribution in [0.4, 0.5) is 5.69 Å². The number of anilines is 1. The van der Waals surface area contributed by atoms with Gasteiger partial charge in [-0.15, -0.1) is 0 Å². The Balaban J connectivity index is 1.67. The van der Waals surface area contributed by atoms with Crippen LogP contribution in [0.1, 0.15) is 54.7 Å². The van der Waals surface area contributed by atoms with Gasteiger partial charge in [-0.25, -0.2) is 14.8 Å². The Bertz CT molecular complexity index is 1200. The van der Waals surface area contributed by atoms with Crippen molar-refractivity contribution in [2.45, 2.75) is 50.7 Å². The third kappa shape index (κ3) is 3.74. The van der Waals surface area contributed by atoms with E-state index in [2.05, 4.69) is 48.8 Å². The minimum absolute atomic E-state index is 0.0192. The van der Waals surface area contributed by atoms with Crippen molar-refractivity contribution in [2.24, 2.45) is 0 Å². The maximum absolute atomic E-state index is 12.7. The fourth-order valence-corrected chi connectivity index (χ4v) is 4.84. The fourth-order valence-electron chi connectivity index (χ4n) is 4.08. The molecule has 30 heavy (non-hydrogen) atoms. The quantitative estimate of drug-likeness (QED) is 0.263. The molecule has 0 radical (unpaired) electrons. The second kappa shape index (κ2) is 7.54. The van der Waals surface area contributed by atoms with Crippen LogP contribution in [-0.4, -0.2) is 34.1 Å². The molecular weight excluding hydrogens is 398 g/mol. The van der Waals surface area contributed by atoms with E-state index in [0.29, 0.717) is 16.7 Å². The number of rotatable bonds is 4. The van der Waals surface area contributed by atoms with Crippen LogP contribution in [0.2, 0.25) is 0 Å². The summed E-state index contributed by atoms with van der Waals surface area (Å²) in [5, 5.41) is 1.29. The molecule has 0 bridgehead atoms. The minimum atomic E-state index is -0.607. The maximum atomic E-state index is 12.7. The number of carbonyl (C=O) groups is 1. The Morgan fingerprint density at radius 1 is 1.33 bits per heavy atom. The molecule has 0 fully saturated rings. The molecule has 1 aromatic carbocycles. The number of aryl methyl sites for hydroxylation is 1. The zero-order valence-electron chi connectivity index (χ0n) is 17.9. The summed E-state index contributed by atoms with van der Waals surface area (Å²) in [7, 11) is 2.07. The van der Waals surface area contributed by atoms with Crippen LogP contribution in [0.15, 0.2) is 44.8 Å². The lowest BCUT2D eigenvalue weighted by Crippen LogP contribution is -2.45. The molecular formula is C23H25N3O3S. The molecule has 3 heterocycles. The van der Waals surface area contributed by atoms with Crippen LogP contribution in [-0.2, 0) is 0 Å². The average Bonchev–Trinajstić information content (AvgIpc) is 2.68. The highest BCUT2D eigenvalue weighted by molar-refractivity contribution is 7.99. The Morgan fingerprint density at radius 2 is 2.10 bits per heavy atom. The Hall–Kier alpha value is -2.67. The molecule has 0 aliphatic carbocycles. The van der Waals surface area contributed by atoms with E-state index >= 15 is 0 Å². The molecule has 156 valence electrons. The topological polar surface area (TPSA) is 76.3 Å². The third-order valence-corrected chi connectivity index (χ3v) is 6.75. The monoisotopic (exact) mass is 423 g/mol. The smallest absolute Gasteiger partial charge is 0.347 e. The second-order valence-corrected chi connectivity index (χ2v) is 9.51. The molecule has 3 aromatic rings. The molecule has 2 aromatic heterocycles. The number of Topliss-reactive ketones (excluding diaryl/α,β-unsaturated/α-hetero) is 1. The van der Waals surface area contributed by atoms with E-state index in [1.807, 2.05) is 13.0 Å². The highest BCUT2D eigenvalue weighted by Gasteiger charge is 2.34. The number of ketones is 1. The van der Waals surface area contributed by atoms with Gasteiger partial charge < -0.3 is 9.32 Å². The number of benzene rings is 1. The summed E-state index contributed by atoms with van der Waals surface area (Å²) in [5.41, 5.74) is 3.09. The van der Waals surface area contributed by atoms with Crippen molar-refractivity contribution in [3.8, 4) is 0 Å². The molecule has 0 amide bonds. The van der Waals surface area contributed by atoms with Crippen molar-refractivity contribution in [2.75, 3.05) is 17.7 Å². The van der Waals surface area contributed by atoms with Gasteiger partial charge in [0.15, 0.2) is 10.9 Å². The maximum Gasteiger partial charge on any atom is 0.347 e. The molecule has 0 spiro atoms. The second-order valence-electron chi connectivity index (χ2n) is 8.57. The third-order valence-electron chi connectivity index (χ3n) is 5.89. The van der Waals surface area contributed by atoms with Gasteiger partial charge in [0.05, 0.1) is 5.75 Å². The zero-order chi connectivity index (χ0) is 21.6. The van der Waals surface area contributed by atoms with Crippen LogP contribution in [0.5, 0.6) is 0 Å². The van der Waals surface area contributed by atoms with Crippen LogP contribution in [0.3, 0.4) is 0 Å². The van der Waals surface area contributed by atoms with E-state index in [4.69, 9.17) is 4.42 Å². The highest BCUT2D eigenvalue weighted by Crippen LogP contribution is 2.43. The summed E-state index contributed by atoms with van der Waals surface area (Å²) in [4.78, 5) is 35.9. The minimum Gasteiger partial charge on any atom is -0.422 e. The van der Waals surface area contributed by atoms with Gasteiger partial charge in [0, 0.05) is 41.6 Å². The molecule has 4 rings (SSSR count). The highest BCUT2D eigenvalue weighted by atomic mass is 32.2. The summed E-state index contributed by atoms with van der Waals surface area (Å²) in [6.45, 7) is 8.50. The number of nitrogens with zero attached hydrogens (tertiary/aromatic N) is 3. The van der Waals surface area contributed by atoms with Gasteiger partial charge in [0.1, 0.15) is 11.1 Å². The van der Waals surface area contributed by atoms with Gasteiger partial charge in [0.25, 0.3) is 0 Å². The molecule has 1 aliphatic rings. The molecule has 6 nitrogen and oxygen atoms in total. The first-order valence-electron chi connectivity index (χ1n) is 9.97. The molecule has 0 saturated carbocycles. The van der Waals surface area contributed by atoms with Crippen molar-refractivity contribution < 1.29 is 9.21 Å². The molecule has 1 aliphatic heterocycles. The van der Waals surface area contributed by atoms with Crippen LogP contribution >= 0.6 is 11.8 Å². The summed E-state index contributed by atoms with van der Waals surface area (Å²) in [6.07, 6.45) is 2.68. The van der Waals surface area contributed by atoms with Crippen molar-refractivity contribution >= 4 is 34.2 Å². The number of thioether (sulfide) groups is 1. The first-order valence-corrected chi connectivity index (χ1v) is 11.0. The molecule has 7 heteroatoms. The molecule has 0 unspecified atom stereocenters. The summed E-state index contributed by atoms with van der Waals surface area (Å²) in [6, 6.07) is 7.43. The summed E-state index contributed by atoms with van der Waals surface area (Å²) in [5.74, 6) is 0.165. The number of carbonyl (C=O) groups excluding carboxylic acids is 1. The van der Waals surface area contributed by atoms with Crippen molar-refractivity contribution in [1.29, 1.82) is 0 Å². The van der Waals surface area contributed by atoms with Crippen molar-refractivity contribution in [3.63, 3.8) is 0 Å². The standard InChI is InChI=1S/C23H25N3O3S/c1-13-11-23(3,4)26(5)18-10-20-15(8-16(13)18)9-17(21(28)29-20)19(27)12-30-22-24-7-6-14(2)25-22/h6-10,13H,11-12H2,1-5H3/t13-/m1/s1. The first kappa shape index (κ1) is 20.6. The predicted molar refractivity (Wildman–Crippen MR) is 120 cm³/mol. The fraction of sp³-hybridized carbons (Fsp3) is 0.391. The molecule has 0 saturated heterocycles. The van der Waals surface area contributed by atoms with E-state index < -0.39 is 5.63 Å². The molecule has 1 atom stereocenters. The van der Waals surface area contributed by atoms with Gasteiger partial charge in [-0.3, -0.25) is 4.79 Å².